The summed E-state index contributed by atoms with van der Waals surface area (Å²) < 4.78 is 5.15. The van der Waals surface area contributed by atoms with Crippen LogP contribution in [0.3, 0.4) is 0 Å². The number of alkyl halides is 3. The summed E-state index contributed by atoms with van der Waals surface area (Å²) in [6, 6.07) is 21.7. The Kier molecular flexibility index (Phi) is 28.5. The molecule has 0 aliphatic carbocycles. The molecule has 45 heavy (non-hydrogen) atoms. The highest BCUT2D eigenvalue weighted by Gasteiger charge is 2.07. The Balaban J connectivity index is 0.000000564. The van der Waals surface area contributed by atoms with Crippen molar-refractivity contribution in [1.82, 2.24) is 0 Å². The first-order valence-corrected chi connectivity index (χ1v) is 19.6. The van der Waals surface area contributed by atoms with Crippen LogP contribution in [0.25, 0.3) is 0 Å². The van der Waals surface area contributed by atoms with Gasteiger partial charge in [0.05, 0.1) is 30.4 Å². The molecule has 1 aliphatic rings. The van der Waals surface area contributed by atoms with Crippen molar-refractivity contribution in [2.75, 3.05) is 42.0 Å². The summed E-state index contributed by atoms with van der Waals surface area (Å²) >= 11 is 17.2. The maximum atomic E-state index is 10.6. The highest BCUT2D eigenvalue weighted by molar-refractivity contribution is 9.09. The highest BCUT2D eigenvalue weighted by Crippen LogP contribution is 2.20. The summed E-state index contributed by atoms with van der Waals surface area (Å²) in [5, 5.41) is 36.2. The number of ether oxygens (including phenoxy) is 1. The lowest BCUT2D eigenvalue weighted by Crippen LogP contribution is -1.95. The van der Waals surface area contributed by atoms with Gasteiger partial charge in [0, 0.05) is 48.8 Å². The Bertz CT molecular complexity index is 1210. The van der Waals surface area contributed by atoms with Gasteiger partial charge in [0.2, 0.25) is 0 Å². The third-order valence-electron chi connectivity index (χ3n) is 5.17. The van der Waals surface area contributed by atoms with E-state index in [1.165, 1.54) is 47.2 Å². The molecular formula is C32H41Br3O7S3. The second-order valence-corrected chi connectivity index (χ2v) is 13.8. The van der Waals surface area contributed by atoms with Crippen LogP contribution < -0.4 is 0 Å². The second kappa shape index (κ2) is 29.1. The molecule has 0 amide bonds. The van der Waals surface area contributed by atoms with E-state index in [2.05, 4.69) is 91.6 Å². The van der Waals surface area contributed by atoms with E-state index in [-0.39, 0.29) is 24.3 Å². The van der Waals surface area contributed by atoms with Gasteiger partial charge in [-0.3, -0.25) is 0 Å². The van der Waals surface area contributed by atoms with E-state index >= 15 is 0 Å². The number of benzene rings is 3. The first-order chi connectivity index (χ1) is 21.6. The minimum Gasteiger partial charge on any atom is -0.478 e. The Morgan fingerprint density at radius 3 is 1.80 bits per heavy atom. The van der Waals surface area contributed by atoms with Crippen LogP contribution in [-0.2, 0) is 10.1 Å². The Morgan fingerprint density at radius 2 is 1.38 bits per heavy atom. The van der Waals surface area contributed by atoms with Crippen LogP contribution in [0.5, 0.6) is 0 Å². The number of aliphatic hydroxyl groups excluding tert-OH is 2. The summed E-state index contributed by atoms with van der Waals surface area (Å²) in [5.74, 6) is -0.128. The van der Waals surface area contributed by atoms with Gasteiger partial charge in [0.25, 0.3) is 0 Å². The highest BCUT2D eigenvalue weighted by atomic mass is 79.9. The molecule has 3 aromatic rings. The molecule has 1 saturated heterocycles. The minimum atomic E-state index is -0.925. The molecule has 1 heterocycles. The van der Waals surface area contributed by atoms with Crippen LogP contribution in [0.1, 0.15) is 46.0 Å². The smallest absolute Gasteiger partial charge is 0.335 e. The van der Waals surface area contributed by atoms with Crippen molar-refractivity contribution in [3.05, 3.63) is 89.5 Å². The number of rotatable bonds is 10. The lowest BCUT2D eigenvalue weighted by atomic mass is 10.2. The van der Waals surface area contributed by atoms with Crippen molar-refractivity contribution in [1.29, 1.82) is 0 Å². The molecule has 4 N–H and O–H groups in total. The van der Waals surface area contributed by atoms with Crippen LogP contribution in [0, 0.1) is 0 Å². The first-order valence-electron chi connectivity index (χ1n) is 13.8. The van der Waals surface area contributed by atoms with Crippen molar-refractivity contribution in [2.45, 2.75) is 45.9 Å². The fraction of sp³-hybridized carbons (Fsp3) is 0.375. The van der Waals surface area contributed by atoms with E-state index in [0.717, 1.165) is 27.9 Å². The molecule has 0 spiro atoms. The van der Waals surface area contributed by atoms with E-state index in [9.17, 15) is 9.59 Å². The second-order valence-electron chi connectivity index (χ2n) is 8.82. The molecule has 0 bridgehead atoms. The molecule has 1 atom stereocenters. The van der Waals surface area contributed by atoms with Crippen molar-refractivity contribution in [2.24, 2.45) is 0 Å². The maximum absolute atomic E-state index is 10.6. The molecule has 1 unspecified atom stereocenters. The number of hydrogen-bond acceptors (Lipinski definition) is 8. The average Bonchev–Trinajstić information content (AvgIpc) is 3.54. The topological polar surface area (TPSA) is 124 Å². The van der Waals surface area contributed by atoms with Gasteiger partial charge in [-0.1, -0.05) is 72.1 Å². The zero-order valence-corrected chi connectivity index (χ0v) is 32.3. The van der Waals surface area contributed by atoms with E-state index in [4.69, 9.17) is 25.2 Å². The lowest BCUT2D eigenvalue weighted by molar-refractivity contribution is 0.0685. The number of carboxylic acid groups (broad SMARTS) is 2. The molecule has 4 rings (SSSR count). The monoisotopic (exact) mass is 870 g/mol. The first kappa shape index (κ1) is 44.0. The van der Waals surface area contributed by atoms with Crippen LogP contribution in [0.4, 0.5) is 0 Å². The molecule has 1 aliphatic heterocycles. The van der Waals surface area contributed by atoms with Crippen molar-refractivity contribution in [3.8, 4) is 0 Å². The van der Waals surface area contributed by atoms with Crippen LogP contribution >= 0.6 is 83.9 Å². The normalized spacial score (nSPS) is 12.9. The molecule has 3 aromatic carbocycles. The van der Waals surface area contributed by atoms with E-state index in [0.29, 0.717) is 22.1 Å². The summed E-state index contributed by atoms with van der Waals surface area (Å²) in [5.41, 5.74) is 1.89. The van der Waals surface area contributed by atoms with Crippen LogP contribution in [0.15, 0.2) is 87.5 Å². The number of carbonyl (C=O) groups is 2. The molecule has 13 heteroatoms. The lowest BCUT2D eigenvalue weighted by Gasteiger charge is -2.00. The zero-order chi connectivity index (χ0) is 33.9. The fourth-order valence-corrected chi connectivity index (χ4v) is 5.63. The molecular weight excluding hydrogens is 832 g/mol. The maximum Gasteiger partial charge on any atom is 0.335 e. The van der Waals surface area contributed by atoms with Crippen LogP contribution in [0.2, 0.25) is 0 Å². The third kappa shape index (κ3) is 23.9. The SMILES string of the molecule is BrCCSc1cccc(CBr)c1.CC1CCCO1.O=C(O)c1cccc(S)c1.O=C(O)c1cccc(SCCO)c1.OCCBr. The van der Waals surface area contributed by atoms with E-state index in [1.54, 1.807) is 30.3 Å². The van der Waals surface area contributed by atoms with Crippen molar-refractivity contribution >= 4 is 95.9 Å². The predicted molar refractivity (Wildman–Crippen MR) is 201 cm³/mol. The summed E-state index contributed by atoms with van der Waals surface area (Å²) in [6.45, 7) is 3.44. The number of aromatic carboxylic acids is 2. The van der Waals surface area contributed by atoms with Gasteiger partial charge >= 0.3 is 11.9 Å². The van der Waals surface area contributed by atoms with Crippen molar-refractivity contribution in [3.63, 3.8) is 0 Å². The average molecular weight is 874 g/mol. The molecule has 250 valence electrons. The predicted octanol–water partition coefficient (Wildman–Crippen LogP) is 8.77. The Labute approximate surface area is 305 Å². The summed E-state index contributed by atoms with van der Waals surface area (Å²) in [6.07, 6.45) is 3.08. The van der Waals surface area contributed by atoms with Gasteiger partial charge in [0.15, 0.2) is 0 Å². The third-order valence-corrected chi connectivity index (χ3v) is 9.35. The number of halogens is 3. The fourth-order valence-electron chi connectivity index (χ4n) is 3.13. The van der Waals surface area contributed by atoms with Gasteiger partial charge in [-0.2, -0.15) is 0 Å². The Hall–Kier alpha value is -1.03. The quantitative estimate of drug-likeness (QED) is 0.0773. The van der Waals surface area contributed by atoms with Crippen LogP contribution in [-0.4, -0.2) is 80.5 Å². The van der Waals surface area contributed by atoms with Gasteiger partial charge < -0.3 is 25.2 Å². The number of aliphatic hydroxyl groups is 2. The standard InChI is InChI=1S/C9H10Br2S.C9H10O3S.C7H6O2S.C5H10O.C2H5BrO/c10-4-5-12-9-3-1-2-8(6-9)7-11;10-4-5-13-8-3-1-2-7(6-8)9(11)12;8-7(9)5-2-1-3-6(10)4-5;1-5-3-2-4-6-5;3-1-2-4/h1-3,6H,4-5,7H2;1-3,6,10H,4-5H2,(H,11,12);1-4,10H,(H,8,9);5H,2-4H2,1H3;4H,1-2H2. The number of carboxylic acids is 2. The zero-order valence-electron chi connectivity index (χ0n) is 25.0. The van der Waals surface area contributed by atoms with E-state index < -0.39 is 11.9 Å². The summed E-state index contributed by atoms with van der Waals surface area (Å²) in [7, 11) is 0. The van der Waals surface area contributed by atoms with Gasteiger partial charge in [0.1, 0.15) is 0 Å². The van der Waals surface area contributed by atoms with E-state index in [1.807, 2.05) is 17.8 Å². The summed E-state index contributed by atoms with van der Waals surface area (Å²) in [4.78, 5) is 23.8. The molecule has 7 nitrogen and oxygen atoms in total. The van der Waals surface area contributed by atoms with Gasteiger partial charge in [-0.05, 0) is 73.9 Å². The largest absolute Gasteiger partial charge is 0.478 e. The molecule has 0 aromatic heterocycles. The molecule has 1 fully saturated rings. The Morgan fingerprint density at radius 1 is 0.822 bits per heavy atom. The van der Waals surface area contributed by atoms with Crippen molar-refractivity contribution < 1.29 is 34.8 Å². The number of hydrogen-bond donors (Lipinski definition) is 5. The van der Waals surface area contributed by atoms with Gasteiger partial charge in [-0.15, -0.1) is 36.2 Å². The number of thiol groups is 1. The number of thioether (sulfide) groups is 2. The molecule has 0 saturated carbocycles. The minimum absolute atomic E-state index is 0.0992. The molecule has 0 radical (unpaired) electrons. The van der Waals surface area contributed by atoms with Gasteiger partial charge in [-0.25, -0.2) is 9.59 Å².